The molecular weight excluding hydrogens is 266 g/mol. The Morgan fingerprint density at radius 1 is 1.15 bits per heavy atom. The third kappa shape index (κ3) is 3.03. The van der Waals surface area contributed by atoms with Crippen LogP contribution < -0.4 is 10.5 Å². The Kier molecular flexibility index (Phi) is 3.84. The third-order valence-electron chi connectivity index (χ3n) is 2.58. The van der Waals surface area contributed by atoms with E-state index in [0.717, 1.165) is 23.8 Å². The van der Waals surface area contributed by atoms with E-state index in [1.807, 2.05) is 6.92 Å². The number of hydrogen-bond acceptors (Lipinski definition) is 3. The van der Waals surface area contributed by atoms with Crippen LogP contribution in [0.1, 0.15) is 11.1 Å². The molecule has 6 heteroatoms. The zero-order valence-electron chi connectivity index (χ0n) is 10.6. The number of rotatable bonds is 3. The lowest BCUT2D eigenvalue weighted by Crippen LogP contribution is -2.14. The average molecular weight is 278 g/mol. The van der Waals surface area contributed by atoms with Crippen molar-refractivity contribution in [2.45, 2.75) is 6.92 Å². The zero-order chi connectivity index (χ0) is 14.7. The van der Waals surface area contributed by atoms with Gasteiger partial charge >= 0.3 is 0 Å². The number of nitrogens with zero attached hydrogens (tertiary/aromatic N) is 1. The molecule has 2 rings (SSSR count). The quantitative estimate of drug-likeness (QED) is 0.392. The lowest BCUT2D eigenvalue weighted by molar-refractivity contribution is 0.318. The Morgan fingerprint density at radius 2 is 1.80 bits per heavy atom. The van der Waals surface area contributed by atoms with Crippen molar-refractivity contribution in [1.29, 1.82) is 0 Å². The molecular formula is C14H12F2N2O2. The zero-order valence-corrected chi connectivity index (χ0v) is 10.6. The summed E-state index contributed by atoms with van der Waals surface area (Å²) in [6.45, 7) is 1.82. The topological polar surface area (TPSA) is 67.8 Å². The Labute approximate surface area is 114 Å². The summed E-state index contributed by atoms with van der Waals surface area (Å²) in [5, 5.41) is 11.6. The first-order valence-electron chi connectivity index (χ1n) is 5.72. The van der Waals surface area contributed by atoms with Crippen LogP contribution in [0.15, 0.2) is 41.6 Å². The van der Waals surface area contributed by atoms with Crippen molar-refractivity contribution in [1.82, 2.24) is 0 Å². The molecule has 4 nitrogen and oxygen atoms in total. The van der Waals surface area contributed by atoms with Crippen LogP contribution in [0.3, 0.4) is 0 Å². The van der Waals surface area contributed by atoms with Crippen molar-refractivity contribution >= 4 is 5.84 Å². The van der Waals surface area contributed by atoms with Gasteiger partial charge in [0.15, 0.2) is 5.84 Å². The third-order valence-corrected chi connectivity index (χ3v) is 2.58. The normalized spacial score (nSPS) is 11.4. The second-order valence-electron chi connectivity index (χ2n) is 4.19. The Bertz CT molecular complexity index is 652. The Morgan fingerprint density at radius 3 is 2.40 bits per heavy atom. The molecule has 2 aromatic rings. The van der Waals surface area contributed by atoms with Crippen LogP contribution in [-0.2, 0) is 0 Å². The monoisotopic (exact) mass is 278 g/mol. The van der Waals surface area contributed by atoms with E-state index in [0.29, 0.717) is 5.56 Å². The lowest BCUT2D eigenvalue weighted by Gasteiger charge is -2.11. The van der Waals surface area contributed by atoms with Crippen molar-refractivity contribution in [2.75, 3.05) is 0 Å². The van der Waals surface area contributed by atoms with E-state index in [9.17, 15) is 8.78 Å². The minimum absolute atomic E-state index is 0.0154. The molecule has 0 saturated heterocycles. The van der Waals surface area contributed by atoms with Crippen molar-refractivity contribution in [2.24, 2.45) is 10.9 Å². The molecule has 0 spiro atoms. The number of halogens is 2. The second kappa shape index (κ2) is 5.56. The maximum Gasteiger partial charge on any atom is 0.173 e. The molecule has 0 aliphatic rings. The van der Waals surface area contributed by atoms with E-state index in [1.54, 1.807) is 18.2 Å². The maximum absolute atomic E-state index is 13.1. The molecule has 0 bridgehead atoms. The number of amidine groups is 1. The van der Waals surface area contributed by atoms with E-state index in [1.165, 1.54) is 0 Å². The van der Waals surface area contributed by atoms with Crippen molar-refractivity contribution < 1.29 is 18.7 Å². The maximum atomic E-state index is 13.1. The lowest BCUT2D eigenvalue weighted by atomic mass is 10.1. The summed E-state index contributed by atoms with van der Waals surface area (Å²) in [4.78, 5) is 0. The van der Waals surface area contributed by atoms with Gasteiger partial charge in [0, 0.05) is 18.2 Å². The predicted molar refractivity (Wildman–Crippen MR) is 70.1 cm³/mol. The molecule has 0 unspecified atom stereocenters. The predicted octanol–water partition coefficient (Wildman–Crippen LogP) is 3.16. The second-order valence-corrected chi connectivity index (χ2v) is 4.19. The summed E-state index contributed by atoms with van der Waals surface area (Å²) >= 11 is 0. The molecule has 0 aromatic heterocycles. The number of ether oxygens (including phenoxy) is 1. The van der Waals surface area contributed by atoms with Crippen LogP contribution in [-0.4, -0.2) is 11.0 Å². The van der Waals surface area contributed by atoms with Crippen molar-refractivity contribution in [3.8, 4) is 11.5 Å². The highest BCUT2D eigenvalue weighted by atomic mass is 19.1. The van der Waals surface area contributed by atoms with Crippen LogP contribution in [0.4, 0.5) is 8.78 Å². The van der Waals surface area contributed by atoms with Crippen LogP contribution >= 0.6 is 0 Å². The number of benzene rings is 2. The highest BCUT2D eigenvalue weighted by Crippen LogP contribution is 2.27. The number of oxime groups is 1. The molecule has 20 heavy (non-hydrogen) atoms. The van der Waals surface area contributed by atoms with E-state index >= 15 is 0 Å². The number of aryl methyl sites for hydroxylation is 1. The van der Waals surface area contributed by atoms with Crippen LogP contribution in [0.5, 0.6) is 11.5 Å². The molecule has 0 radical (unpaired) electrons. The van der Waals surface area contributed by atoms with Gasteiger partial charge in [-0.25, -0.2) is 8.78 Å². The molecule has 2 aromatic carbocycles. The van der Waals surface area contributed by atoms with Crippen molar-refractivity contribution in [3.63, 3.8) is 0 Å². The van der Waals surface area contributed by atoms with Crippen LogP contribution in [0.25, 0.3) is 0 Å². The highest BCUT2D eigenvalue weighted by Gasteiger charge is 2.11. The molecule has 0 fully saturated rings. The summed E-state index contributed by atoms with van der Waals surface area (Å²) in [5.74, 6) is -1.44. The molecule has 0 heterocycles. The summed E-state index contributed by atoms with van der Waals surface area (Å²) < 4.78 is 31.6. The molecule has 0 atom stereocenters. The molecule has 0 amide bonds. The van der Waals surface area contributed by atoms with Gasteiger partial charge in [0.25, 0.3) is 0 Å². The molecule has 0 aliphatic carbocycles. The van der Waals surface area contributed by atoms with Gasteiger partial charge in [0.1, 0.15) is 23.1 Å². The van der Waals surface area contributed by atoms with Gasteiger partial charge in [0.05, 0.1) is 5.56 Å². The molecule has 3 N–H and O–H groups in total. The number of nitrogens with two attached hydrogens (primary N) is 1. The van der Waals surface area contributed by atoms with Crippen LogP contribution in [0.2, 0.25) is 0 Å². The highest BCUT2D eigenvalue weighted by molar-refractivity contribution is 5.99. The fourth-order valence-electron chi connectivity index (χ4n) is 1.70. The first-order chi connectivity index (χ1) is 9.49. The van der Waals surface area contributed by atoms with Gasteiger partial charge in [-0.05, 0) is 19.1 Å². The first-order valence-corrected chi connectivity index (χ1v) is 5.72. The van der Waals surface area contributed by atoms with Gasteiger partial charge in [-0.3, -0.25) is 0 Å². The van der Waals surface area contributed by atoms with E-state index in [4.69, 9.17) is 15.7 Å². The smallest absolute Gasteiger partial charge is 0.173 e. The minimum atomic E-state index is -0.752. The van der Waals surface area contributed by atoms with Crippen LogP contribution in [0, 0.1) is 18.6 Å². The minimum Gasteiger partial charge on any atom is -0.456 e. The fourth-order valence-corrected chi connectivity index (χ4v) is 1.70. The summed E-state index contributed by atoms with van der Waals surface area (Å²) in [6.07, 6.45) is 0. The van der Waals surface area contributed by atoms with Gasteiger partial charge < -0.3 is 15.7 Å². The fraction of sp³-hybridized carbons (Fsp3) is 0.0714. The Balaban J connectivity index is 2.43. The summed E-state index contributed by atoms with van der Waals surface area (Å²) in [7, 11) is 0. The molecule has 104 valence electrons. The van der Waals surface area contributed by atoms with E-state index in [2.05, 4.69) is 5.16 Å². The van der Waals surface area contributed by atoms with Crippen molar-refractivity contribution in [3.05, 3.63) is 59.2 Å². The average Bonchev–Trinajstić information content (AvgIpc) is 2.38. The van der Waals surface area contributed by atoms with Gasteiger partial charge in [-0.2, -0.15) is 0 Å². The van der Waals surface area contributed by atoms with Gasteiger partial charge in [0.2, 0.25) is 0 Å². The summed E-state index contributed by atoms with van der Waals surface area (Å²) in [6, 6.07) is 7.77. The molecule has 0 saturated carbocycles. The van der Waals surface area contributed by atoms with Gasteiger partial charge in [-0.1, -0.05) is 16.8 Å². The van der Waals surface area contributed by atoms with E-state index in [-0.39, 0.29) is 17.3 Å². The standard InChI is InChI=1S/C14H12F2N2O2/c1-8-2-3-13(12(4-8)14(17)18-19)20-11-6-9(15)5-10(16)7-11/h2-7,19H,1H3,(H2,17,18). The SMILES string of the molecule is Cc1ccc(Oc2cc(F)cc(F)c2)c(/C(N)=N/O)c1. The Hall–Kier alpha value is -2.63. The van der Waals surface area contributed by atoms with Gasteiger partial charge in [-0.15, -0.1) is 0 Å². The first kappa shape index (κ1) is 13.8. The largest absolute Gasteiger partial charge is 0.456 e. The molecule has 0 aliphatic heterocycles. The summed E-state index contributed by atoms with van der Waals surface area (Å²) in [5.41, 5.74) is 6.75. The van der Waals surface area contributed by atoms with E-state index < -0.39 is 11.6 Å². The number of hydrogen-bond donors (Lipinski definition) is 2.